The number of carbonyl (C=O) groups is 1. The molecule has 0 N–H and O–H groups in total. The lowest BCUT2D eigenvalue weighted by molar-refractivity contribution is 0.0854. The van der Waals surface area contributed by atoms with E-state index in [-0.39, 0.29) is 6.42 Å². The van der Waals surface area contributed by atoms with Gasteiger partial charge < -0.3 is 4.74 Å². The average molecular weight is 273 g/mol. The Hall–Kier alpha value is -0.900. The molecule has 0 bridgehead atoms. The molecule has 0 heterocycles. The summed E-state index contributed by atoms with van der Waals surface area (Å²) in [6.45, 7) is 0. The Morgan fingerprint density at radius 3 is 2.93 bits per heavy atom. The first-order valence-corrected chi connectivity index (χ1v) is 5.48. The number of ketones is 1. The van der Waals surface area contributed by atoms with Crippen molar-refractivity contribution < 1.29 is 13.9 Å². The zero-order chi connectivity index (χ0) is 11.0. The van der Waals surface area contributed by atoms with E-state index in [0.717, 1.165) is 5.56 Å². The second-order valence-electron chi connectivity index (χ2n) is 3.49. The summed E-state index contributed by atoms with van der Waals surface area (Å²) in [7, 11) is 1.52. The third-order valence-electron chi connectivity index (χ3n) is 2.61. The zero-order valence-corrected chi connectivity index (χ0v) is 9.80. The number of rotatable bonds is 1. The number of methoxy groups -OCH3 is 1. The van der Waals surface area contributed by atoms with Crippen LogP contribution in [0.1, 0.15) is 22.3 Å². The first-order valence-electron chi connectivity index (χ1n) is 4.68. The van der Waals surface area contributed by atoms with Crippen molar-refractivity contribution in [3.63, 3.8) is 0 Å². The lowest BCUT2D eigenvalue weighted by Crippen LogP contribution is -2.24. The Kier molecular flexibility index (Phi) is 2.78. The summed E-state index contributed by atoms with van der Waals surface area (Å²) in [5, 5.41) is 0. The molecule has 2 rings (SSSR count). The van der Waals surface area contributed by atoms with Gasteiger partial charge in [0.05, 0.1) is 11.6 Å². The molecule has 0 radical (unpaired) electrons. The van der Waals surface area contributed by atoms with Crippen LogP contribution in [-0.4, -0.2) is 19.1 Å². The maximum Gasteiger partial charge on any atom is 0.198 e. The highest BCUT2D eigenvalue weighted by molar-refractivity contribution is 9.10. The first kappa shape index (κ1) is 10.6. The van der Waals surface area contributed by atoms with Gasteiger partial charge in [0.15, 0.2) is 12.0 Å². The summed E-state index contributed by atoms with van der Waals surface area (Å²) in [6, 6.07) is 3.61. The third kappa shape index (κ3) is 1.67. The van der Waals surface area contributed by atoms with E-state index in [1.807, 2.05) is 6.07 Å². The standard InChI is InChI=1S/C11H10BrFO2/c1-15-8-5-3-6-2-4-7(13)11(14)9(6)10(8)12/h3,5,7H,2,4H2,1H3. The average Bonchev–Trinajstić information content (AvgIpc) is 2.24. The molecule has 1 unspecified atom stereocenters. The second-order valence-corrected chi connectivity index (χ2v) is 4.28. The Bertz CT molecular complexity index is 417. The van der Waals surface area contributed by atoms with Crippen LogP contribution in [0.3, 0.4) is 0 Å². The van der Waals surface area contributed by atoms with E-state index in [1.54, 1.807) is 6.07 Å². The molecule has 1 aromatic rings. The minimum Gasteiger partial charge on any atom is -0.496 e. The van der Waals surface area contributed by atoms with Crippen molar-refractivity contribution in [3.05, 3.63) is 27.7 Å². The van der Waals surface area contributed by atoms with E-state index >= 15 is 0 Å². The van der Waals surface area contributed by atoms with Crippen molar-refractivity contribution in [1.82, 2.24) is 0 Å². The van der Waals surface area contributed by atoms with Gasteiger partial charge in [-0.05, 0) is 40.4 Å². The Morgan fingerprint density at radius 1 is 1.53 bits per heavy atom. The second kappa shape index (κ2) is 3.93. The monoisotopic (exact) mass is 272 g/mol. The van der Waals surface area contributed by atoms with Gasteiger partial charge in [0.25, 0.3) is 0 Å². The molecule has 0 saturated carbocycles. The normalized spacial score (nSPS) is 19.9. The van der Waals surface area contributed by atoms with Crippen molar-refractivity contribution in [2.75, 3.05) is 7.11 Å². The number of aryl methyl sites for hydroxylation is 1. The van der Waals surface area contributed by atoms with Gasteiger partial charge >= 0.3 is 0 Å². The van der Waals surface area contributed by atoms with Crippen LogP contribution in [0.15, 0.2) is 16.6 Å². The molecule has 0 fully saturated rings. The van der Waals surface area contributed by atoms with Gasteiger partial charge in [0.1, 0.15) is 5.75 Å². The van der Waals surface area contributed by atoms with Crippen molar-refractivity contribution >= 4 is 21.7 Å². The number of alkyl halides is 1. The maximum absolute atomic E-state index is 13.3. The smallest absolute Gasteiger partial charge is 0.198 e. The SMILES string of the molecule is COc1ccc2c(c1Br)C(=O)C(F)CC2. The van der Waals surface area contributed by atoms with Crippen molar-refractivity contribution in [3.8, 4) is 5.75 Å². The topological polar surface area (TPSA) is 26.3 Å². The fourth-order valence-corrected chi connectivity index (χ4v) is 2.54. The van der Waals surface area contributed by atoms with Crippen molar-refractivity contribution in [2.24, 2.45) is 0 Å². The summed E-state index contributed by atoms with van der Waals surface area (Å²) in [5.41, 5.74) is 1.33. The lowest BCUT2D eigenvalue weighted by Gasteiger charge is -2.20. The third-order valence-corrected chi connectivity index (χ3v) is 3.40. The molecule has 0 saturated heterocycles. The lowest BCUT2D eigenvalue weighted by atomic mass is 9.89. The predicted octanol–water partition coefficient (Wildman–Crippen LogP) is 2.92. The largest absolute Gasteiger partial charge is 0.496 e. The van der Waals surface area contributed by atoms with Crippen LogP contribution in [0.2, 0.25) is 0 Å². The van der Waals surface area contributed by atoms with Gasteiger partial charge in [-0.25, -0.2) is 4.39 Å². The van der Waals surface area contributed by atoms with Gasteiger partial charge in [-0.3, -0.25) is 4.79 Å². The maximum atomic E-state index is 13.3. The number of hydrogen-bond donors (Lipinski definition) is 0. The highest BCUT2D eigenvalue weighted by atomic mass is 79.9. The number of halogens is 2. The summed E-state index contributed by atoms with van der Waals surface area (Å²) in [5.74, 6) is 0.123. The minimum absolute atomic E-state index is 0.282. The highest BCUT2D eigenvalue weighted by Gasteiger charge is 2.30. The molecule has 0 aliphatic heterocycles. The number of Topliss-reactive ketones (excluding diaryl/α,β-unsaturated/α-hetero) is 1. The fraction of sp³-hybridized carbons (Fsp3) is 0.364. The molecular formula is C11H10BrFO2. The molecule has 2 nitrogen and oxygen atoms in total. The Labute approximate surface area is 95.6 Å². The van der Waals surface area contributed by atoms with Crippen molar-refractivity contribution in [1.29, 1.82) is 0 Å². The molecule has 4 heteroatoms. The summed E-state index contributed by atoms with van der Waals surface area (Å²) in [6.07, 6.45) is -0.490. The molecular weight excluding hydrogens is 263 g/mol. The van der Waals surface area contributed by atoms with Crippen LogP contribution < -0.4 is 4.74 Å². The predicted molar refractivity (Wildman–Crippen MR) is 58.2 cm³/mol. The highest BCUT2D eigenvalue weighted by Crippen LogP contribution is 2.35. The summed E-state index contributed by atoms with van der Waals surface area (Å²) < 4.78 is 18.9. The van der Waals surface area contributed by atoms with Gasteiger partial charge in [0, 0.05) is 5.56 Å². The van der Waals surface area contributed by atoms with Gasteiger partial charge in [-0.2, -0.15) is 0 Å². The number of carbonyl (C=O) groups excluding carboxylic acids is 1. The van der Waals surface area contributed by atoms with E-state index < -0.39 is 12.0 Å². The molecule has 0 aromatic heterocycles. The Morgan fingerprint density at radius 2 is 2.27 bits per heavy atom. The van der Waals surface area contributed by atoms with Crippen molar-refractivity contribution in [2.45, 2.75) is 19.0 Å². The minimum atomic E-state index is -1.37. The van der Waals surface area contributed by atoms with Crippen LogP contribution in [0, 0.1) is 0 Å². The molecule has 0 spiro atoms. The number of fused-ring (bicyclic) bond motifs is 1. The van der Waals surface area contributed by atoms with E-state index in [9.17, 15) is 9.18 Å². The van der Waals surface area contributed by atoms with E-state index in [1.165, 1.54) is 7.11 Å². The fourth-order valence-electron chi connectivity index (χ4n) is 1.80. The van der Waals surface area contributed by atoms with Crippen LogP contribution in [-0.2, 0) is 6.42 Å². The number of benzene rings is 1. The quantitative estimate of drug-likeness (QED) is 0.786. The van der Waals surface area contributed by atoms with Crippen LogP contribution in [0.5, 0.6) is 5.75 Å². The summed E-state index contributed by atoms with van der Waals surface area (Å²) in [4.78, 5) is 11.6. The molecule has 15 heavy (non-hydrogen) atoms. The van der Waals surface area contributed by atoms with Gasteiger partial charge in [-0.1, -0.05) is 6.07 Å². The van der Waals surface area contributed by atoms with Crippen LogP contribution in [0.4, 0.5) is 4.39 Å². The summed E-state index contributed by atoms with van der Waals surface area (Å²) >= 11 is 3.28. The van der Waals surface area contributed by atoms with Crippen LogP contribution >= 0.6 is 15.9 Å². The molecule has 1 aliphatic carbocycles. The van der Waals surface area contributed by atoms with Crippen LogP contribution in [0.25, 0.3) is 0 Å². The molecule has 80 valence electrons. The van der Waals surface area contributed by atoms with E-state index in [2.05, 4.69) is 15.9 Å². The molecule has 1 aromatic carbocycles. The number of hydrogen-bond acceptors (Lipinski definition) is 2. The molecule has 0 amide bonds. The Balaban J connectivity index is 2.58. The van der Waals surface area contributed by atoms with E-state index in [0.29, 0.717) is 22.2 Å². The first-order chi connectivity index (χ1) is 7.15. The zero-order valence-electron chi connectivity index (χ0n) is 8.22. The molecule has 1 atom stereocenters. The van der Waals surface area contributed by atoms with Gasteiger partial charge in [-0.15, -0.1) is 0 Å². The van der Waals surface area contributed by atoms with Gasteiger partial charge in [0.2, 0.25) is 0 Å². The van der Waals surface area contributed by atoms with E-state index in [4.69, 9.17) is 4.74 Å². The molecule has 1 aliphatic rings. The number of ether oxygens (including phenoxy) is 1.